The lowest BCUT2D eigenvalue weighted by molar-refractivity contribution is 0.397. The van der Waals surface area contributed by atoms with Crippen LogP contribution in [-0.2, 0) is 10.2 Å². The first-order valence-electron chi connectivity index (χ1n) is 5.17. The van der Waals surface area contributed by atoms with Crippen molar-refractivity contribution in [3.8, 4) is 5.75 Å². The molecule has 0 heterocycles. The number of hydrogen-bond acceptors (Lipinski definition) is 3. The molecule has 1 aromatic rings. The molecule has 0 fully saturated rings. The third-order valence-corrected chi connectivity index (χ3v) is 2.49. The first-order chi connectivity index (χ1) is 7.40. The van der Waals surface area contributed by atoms with Crippen LogP contribution in [0.15, 0.2) is 17.1 Å². The fourth-order valence-electron chi connectivity index (χ4n) is 1.59. The Hall–Kier alpha value is -1.60. The van der Waals surface area contributed by atoms with Crippen molar-refractivity contribution in [2.75, 3.05) is 7.11 Å². The van der Waals surface area contributed by atoms with Crippen molar-refractivity contribution in [1.82, 2.24) is 0 Å². The third kappa shape index (κ3) is 2.50. The van der Waals surface area contributed by atoms with Gasteiger partial charge in [-0.2, -0.15) is 4.99 Å². The zero-order chi connectivity index (χ0) is 12.3. The van der Waals surface area contributed by atoms with Crippen LogP contribution in [0, 0.1) is 6.92 Å². The second kappa shape index (κ2) is 4.50. The highest BCUT2D eigenvalue weighted by Crippen LogP contribution is 2.36. The van der Waals surface area contributed by atoms with Gasteiger partial charge < -0.3 is 4.74 Å². The van der Waals surface area contributed by atoms with Crippen LogP contribution in [0.25, 0.3) is 0 Å². The summed E-state index contributed by atoms with van der Waals surface area (Å²) in [4.78, 5) is 14.0. The average molecular weight is 219 g/mol. The van der Waals surface area contributed by atoms with Gasteiger partial charge in [-0.3, -0.25) is 0 Å². The van der Waals surface area contributed by atoms with Crippen molar-refractivity contribution in [2.45, 2.75) is 33.1 Å². The van der Waals surface area contributed by atoms with Crippen LogP contribution in [0.3, 0.4) is 0 Å². The Morgan fingerprint density at radius 1 is 1.31 bits per heavy atom. The molecule has 0 unspecified atom stereocenters. The Morgan fingerprint density at radius 2 is 1.94 bits per heavy atom. The van der Waals surface area contributed by atoms with Gasteiger partial charge in [-0.15, -0.1) is 0 Å². The number of benzene rings is 1. The van der Waals surface area contributed by atoms with Crippen molar-refractivity contribution >= 4 is 11.8 Å². The third-order valence-electron chi connectivity index (χ3n) is 2.49. The predicted molar refractivity (Wildman–Crippen MR) is 64.2 cm³/mol. The van der Waals surface area contributed by atoms with E-state index in [1.807, 2.05) is 19.1 Å². The molecule has 0 N–H and O–H groups in total. The first kappa shape index (κ1) is 12.5. The van der Waals surface area contributed by atoms with Gasteiger partial charge in [0, 0.05) is 5.56 Å². The van der Waals surface area contributed by atoms with E-state index >= 15 is 0 Å². The first-order valence-corrected chi connectivity index (χ1v) is 5.17. The Kier molecular flexibility index (Phi) is 3.51. The summed E-state index contributed by atoms with van der Waals surface area (Å²) in [7, 11) is 1.65. The van der Waals surface area contributed by atoms with E-state index in [4.69, 9.17) is 4.74 Å². The van der Waals surface area contributed by atoms with Crippen LogP contribution in [0.1, 0.15) is 31.9 Å². The molecule has 0 aliphatic carbocycles. The molecule has 16 heavy (non-hydrogen) atoms. The molecule has 0 bridgehead atoms. The van der Waals surface area contributed by atoms with Gasteiger partial charge in [0.05, 0.1) is 12.8 Å². The van der Waals surface area contributed by atoms with Crippen LogP contribution < -0.4 is 4.74 Å². The number of ether oxygens (including phenoxy) is 1. The van der Waals surface area contributed by atoms with E-state index < -0.39 is 0 Å². The molecule has 0 atom stereocenters. The van der Waals surface area contributed by atoms with Crippen LogP contribution in [0.5, 0.6) is 5.75 Å². The number of hydrogen-bond donors (Lipinski definition) is 0. The molecule has 0 saturated heterocycles. The van der Waals surface area contributed by atoms with E-state index in [9.17, 15) is 4.79 Å². The molecule has 3 heteroatoms. The summed E-state index contributed by atoms with van der Waals surface area (Å²) >= 11 is 0. The Labute approximate surface area is 96.2 Å². The van der Waals surface area contributed by atoms with E-state index in [0.29, 0.717) is 5.69 Å². The van der Waals surface area contributed by atoms with Crippen LogP contribution in [-0.4, -0.2) is 13.2 Å². The van der Waals surface area contributed by atoms with Gasteiger partial charge in [0.25, 0.3) is 0 Å². The quantitative estimate of drug-likeness (QED) is 0.565. The zero-order valence-corrected chi connectivity index (χ0v) is 10.4. The van der Waals surface area contributed by atoms with E-state index in [2.05, 4.69) is 25.8 Å². The monoisotopic (exact) mass is 219 g/mol. The van der Waals surface area contributed by atoms with Crippen LogP contribution >= 0.6 is 0 Å². The zero-order valence-electron chi connectivity index (χ0n) is 10.4. The SMILES string of the molecule is COc1cc(C)c(N=C=O)cc1C(C)(C)C. The van der Waals surface area contributed by atoms with Gasteiger partial charge in [-0.05, 0) is 30.0 Å². The molecule has 0 aromatic heterocycles. The molecular formula is C13H17NO2. The summed E-state index contributed by atoms with van der Waals surface area (Å²) in [6.07, 6.45) is 1.58. The average Bonchev–Trinajstić information content (AvgIpc) is 2.19. The fourth-order valence-corrected chi connectivity index (χ4v) is 1.59. The second-order valence-electron chi connectivity index (χ2n) is 4.79. The predicted octanol–water partition coefficient (Wildman–Crippen LogP) is 3.27. The minimum atomic E-state index is -0.0494. The summed E-state index contributed by atoms with van der Waals surface area (Å²) in [5.41, 5.74) is 2.55. The molecule has 0 aliphatic heterocycles. The molecule has 0 radical (unpaired) electrons. The second-order valence-corrected chi connectivity index (χ2v) is 4.79. The highest BCUT2D eigenvalue weighted by molar-refractivity contribution is 5.59. The normalized spacial score (nSPS) is 10.8. The number of methoxy groups -OCH3 is 1. The van der Waals surface area contributed by atoms with Crippen LogP contribution in [0.2, 0.25) is 0 Å². The van der Waals surface area contributed by atoms with Gasteiger partial charge in [0.1, 0.15) is 5.75 Å². The number of nitrogens with zero attached hydrogens (tertiary/aromatic N) is 1. The maximum Gasteiger partial charge on any atom is 0.240 e. The summed E-state index contributed by atoms with van der Waals surface area (Å²) in [5.74, 6) is 0.829. The summed E-state index contributed by atoms with van der Waals surface area (Å²) in [5, 5.41) is 0. The maximum atomic E-state index is 10.3. The fraction of sp³-hybridized carbons (Fsp3) is 0.462. The van der Waals surface area contributed by atoms with Crippen molar-refractivity contribution < 1.29 is 9.53 Å². The van der Waals surface area contributed by atoms with Gasteiger partial charge in [-0.25, -0.2) is 4.79 Å². The van der Waals surface area contributed by atoms with Crippen molar-refractivity contribution in [3.05, 3.63) is 23.3 Å². The molecule has 1 aromatic carbocycles. The van der Waals surface area contributed by atoms with Crippen molar-refractivity contribution in [3.63, 3.8) is 0 Å². The smallest absolute Gasteiger partial charge is 0.240 e. The molecule has 0 saturated carbocycles. The lowest BCUT2D eigenvalue weighted by atomic mass is 9.85. The largest absolute Gasteiger partial charge is 0.496 e. The molecule has 3 nitrogen and oxygen atoms in total. The van der Waals surface area contributed by atoms with Gasteiger partial charge in [0.2, 0.25) is 6.08 Å². The van der Waals surface area contributed by atoms with E-state index in [0.717, 1.165) is 16.9 Å². The molecule has 86 valence electrons. The van der Waals surface area contributed by atoms with Gasteiger partial charge in [0.15, 0.2) is 0 Å². The molecule has 1 rings (SSSR count). The standard InChI is InChI=1S/C13H17NO2/c1-9-6-12(16-5)10(13(2,3)4)7-11(9)14-8-15/h6-7H,1-5H3. The molecule has 0 amide bonds. The number of aliphatic imine (C=N–C) groups is 1. The van der Waals surface area contributed by atoms with E-state index in [1.54, 1.807) is 13.2 Å². The maximum absolute atomic E-state index is 10.3. The summed E-state index contributed by atoms with van der Waals surface area (Å²) < 4.78 is 5.35. The lowest BCUT2D eigenvalue weighted by Crippen LogP contribution is -2.12. The minimum absolute atomic E-state index is 0.0494. The van der Waals surface area contributed by atoms with Crippen LogP contribution in [0.4, 0.5) is 5.69 Å². The van der Waals surface area contributed by atoms with Crippen molar-refractivity contribution in [1.29, 1.82) is 0 Å². The Morgan fingerprint density at radius 3 is 2.38 bits per heavy atom. The number of carbonyl (C=O) groups excluding carboxylic acids is 1. The molecular weight excluding hydrogens is 202 g/mol. The molecule has 0 spiro atoms. The number of aryl methyl sites for hydroxylation is 1. The summed E-state index contributed by atoms with van der Waals surface area (Å²) in [6.45, 7) is 8.17. The van der Waals surface area contributed by atoms with Gasteiger partial charge in [-0.1, -0.05) is 20.8 Å². The Bertz CT molecular complexity index is 438. The number of rotatable bonds is 2. The highest BCUT2D eigenvalue weighted by Gasteiger charge is 2.20. The van der Waals surface area contributed by atoms with E-state index in [1.165, 1.54) is 0 Å². The highest BCUT2D eigenvalue weighted by atomic mass is 16.5. The topological polar surface area (TPSA) is 38.7 Å². The lowest BCUT2D eigenvalue weighted by Gasteiger charge is -2.23. The number of isocyanates is 1. The summed E-state index contributed by atoms with van der Waals surface area (Å²) in [6, 6.07) is 3.79. The molecule has 0 aliphatic rings. The minimum Gasteiger partial charge on any atom is -0.496 e. The van der Waals surface area contributed by atoms with E-state index in [-0.39, 0.29) is 5.41 Å². The van der Waals surface area contributed by atoms with Crippen molar-refractivity contribution in [2.24, 2.45) is 4.99 Å². The Balaban J connectivity index is 3.46. The van der Waals surface area contributed by atoms with Gasteiger partial charge >= 0.3 is 0 Å².